The molecule has 0 aliphatic rings. The standard InChI is InChI=1S/C13H10F2N2O3S/c14-9-1-4-13(17(18)19)8(5-9)7-21(20)10-2-3-12(16)11(15)6-10/h1-6H,7,16H2. The van der Waals surface area contributed by atoms with Crippen LogP contribution in [0.25, 0.3) is 0 Å². The van der Waals surface area contributed by atoms with Gasteiger partial charge in [0.25, 0.3) is 5.69 Å². The Balaban J connectivity index is 2.33. The highest BCUT2D eigenvalue weighted by molar-refractivity contribution is 7.84. The zero-order chi connectivity index (χ0) is 15.6. The molecule has 0 saturated carbocycles. The predicted octanol–water partition coefficient (Wildman–Crippen LogP) is 2.76. The molecular weight excluding hydrogens is 302 g/mol. The van der Waals surface area contributed by atoms with Crippen LogP contribution in [0.3, 0.4) is 0 Å². The molecule has 21 heavy (non-hydrogen) atoms. The van der Waals surface area contributed by atoms with E-state index >= 15 is 0 Å². The van der Waals surface area contributed by atoms with E-state index in [-0.39, 0.29) is 27.6 Å². The molecule has 2 rings (SSSR count). The minimum absolute atomic E-state index is 0.0180. The second-order valence-electron chi connectivity index (χ2n) is 4.20. The number of nitro groups is 1. The van der Waals surface area contributed by atoms with Gasteiger partial charge in [-0.05, 0) is 30.3 Å². The number of nitro benzene ring substituents is 1. The maximum Gasteiger partial charge on any atom is 0.273 e. The first-order valence-corrected chi connectivity index (χ1v) is 7.06. The maximum atomic E-state index is 13.3. The van der Waals surface area contributed by atoms with Gasteiger partial charge < -0.3 is 5.73 Å². The van der Waals surface area contributed by atoms with Crippen molar-refractivity contribution in [2.75, 3.05) is 5.73 Å². The van der Waals surface area contributed by atoms with E-state index < -0.39 is 27.4 Å². The molecule has 2 N–H and O–H groups in total. The zero-order valence-corrected chi connectivity index (χ0v) is 11.4. The van der Waals surface area contributed by atoms with Crippen molar-refractivity contribution >= 4 is 22.2 Å². The Morgan fingerprint density at radius 3 is 2.52 bits per heavy atom. The van der Waals surface area contributed by atoms with Crippen LogP contribution in [0, 0.1) is 21.7 Å². The average Bonchev–Trinajstić information content (AvgIpc) is 2.41. The van der Waals surface area contributed by atoms with Crippen LogP contribution in [0.5, 0.6) is 0 Å². The van der Waals surface area contributed by atoms with E-state index in [0.29, 0.717) is 0 Å². The van der Waals surface area contributed by atoms with Gasteiger partial charge in [0.15, 0.2) is 0 Å². The van der Waals surface area contributed by atoms with Gasteiger partial charge in [-0.1, -0.05) is 0 Å². The summed E-state index contributed by atoms with van der Waals surface area (Å²) in [5, 5.41) is 10.9. The highest BCUT2D eigenvalue weighted by atomic mass is 32.2. The first kappa shape index (κ1) is 15.0. The van der Waals surface area contributed by atoms with Crippen molar-refractivity contribution in [2.24, 2.45) is 0 Å². The third-order valence-corrected chi connectivity index (χ3v) is 4.11. The van der Waals surface area contributed by atoms with Crippen molar-refractivity contribution < 1.29 is 17.9 Å². The molecule has 0 spiro atoms. The summed E-state index contributed by atoms with van der Waals surface area (Å²) in [5.41, 5.74) is 4.87. The topological polar surface area (TPSA) is 86.2 Å². The fourth-order valence-electron chi connectivity index (χ4n) is 1.72. The van der Waals surface area contributed by atoms with Gasteiger partial charge in [-0.2, -0.15) is 0 Å². The molecule has 0 saturated heterocycles. The minimum Gasteiger partial charge on any atom is -0.396 e. The monoisotopic (exact) mass is 312 g/mol. The fourth-order valence-corrected chi connectivity index (χ4v) is 2.86. The number of hydrogen-bond donors (Lipinski definition) is 1. The normalized spacial score (nSPS) is 12.1. The van der Waals surface area contributed by atoms with Crippen LogP contribution in [0.4, 0.5) is 20.2 Å². The lowest BCUT2D eigenvalue weighted by atomic mass is 10.2. The first-order valence-electron chi connectivity index (χ1n) is 5.74. The van der Waals surface area contributed by atoms with E-state index in [1.54, 1.807) is 0 Å². The van der Waals surface area contributed by atoms with Gasteiger partial charge in [-0.3, -0.25) is 14.3 Å². The maximum absolute atomic E-state index is 13.3. The van der Waals surface area contributed by atoms with Gasteiger partial charge in [0.05, 0.1) is 27.2 Å². The fraction of sp³-hybridized carbons (Fsp3) is 0.0769. The molecule has 0 aliphatic heterocycles. The Hall–Kier alpha value is -2.35. The molecule has 0 heterocycles. The van der Waals surface area contributed by atoms with Gasteiger partial charge in [-0.15, -0.1) is 0 Å². The van der Waals surface area contributed by atoms with Crippen molar-refractivity contribution in [3.8, 4) is 0 Å². The van der Waals surface area contributed by atoms with Gasteiger partial charge in [0, 0.05) is 16.5 Å². The molecular formula is C13H10F2N2O3S. The molecule has 2 aromatic carbocycles. The highest BCUT2D eigenvalue weighted by Crippen LogP contribution is 2.24. The molecule has 0 aromatic heterocycles. The molecule has 0 amide bonds. The third-order valence-electron chi connectivity index (χ3n) is 2.76. The van der Waals surface area contributed by atoms with E-state index in [1.807, 2.05) is 0 Å². The molecule has 8 heteroatoms. The highest BCUT2D eigenvalue weighted by Gasteiger charge is 2.18. The van der Waals surface area contributed by atoms with E-state index in [1.165, 1.54) is 12.1 Å². The van der Waals surface area contributed by atoms with Gasteiger partial charge >= 0.3 is 0 Å². The summed E-state index contributed by atoms with van der Waals surface area (Å²) in [6.45, 7) is 0. The summed E-state index contributed by atoms with van der Waals surface area (Å²) in [5.74, 6) is -1.69. The van der Waals surface area contributed by atoms with Crippen LogP contribution in [0.2, 0.25) is 0 Å². The van der Waals surface area contributed by atoms with Crippen molar-refractivity contribution in [1.29, 1.82) is 0 Å². The number of nitrogen functional groups attached to an aromatic ring is 1. The number of rotatable bonds is 4. The number of hydrogen-bond acceptors (Lipinski definition) is 4. The van der Waals surface area contributed by atoms with Crippen LogP contribution < -0.4 is 5.73 Å². The summed E-state index contributed by atoms with van der Waals surface area (Å²) in [4.78, 5) is 10.3. The van der Waals surface area contributed by atoms with Crippen LogP contribution in [-0.4, -0.2) is 9.13 Å². The molecule has 1 atom stereocenters. The molecule has 0 bridgehead atoms. The zero-order valence-electron chi connectivity index (χ0n) is 10.6. The first-order chi connectivity index (χ1) is 9.88. The third kappa shape index (κ3) is 3.40. The van der Waals surface area contributed by atoms with E-state index in [2.05, 4.69) is 0 Å². The Kier molecular flexibility index (Phi) is 4.27. The van der Waals surface area contributed by atoms with Crippen molar-refractivity contribution in [1.82, 2.24) is 0 Å². The minimum atomic E-state index is -1.75. The van der Waals surface area contributed by atoms with Crippen molar-refractivity contribution in [3.05, 3.63) is 63.7 Å². The number of anilines is 1. The summed E-state index contributed by atoms with van der Waals surface area (Å²) in [7, 11) is -1.75. The lowest BCUT2D eigenvalue weighted by Crippen LogP contribution is -2.02. The second kappa shape index (κ2) is 5.96. The SMILES string of the molecule is Nc1ccc(S(=O)Cc2cc(F)ccc2[N+](=O)[O-])cc1F. The molecule has 2 aromatic rings. The Morgan fingerprint density at radius 1 is 1.19 bits per heavy atom. The molecule has 110 valence electrons. The van der Waals surface area contributed by atoms with Crippen LogP contribution in [0.15, 0.2) is 41.3 Å². The van der Waals surface area contributed by atoms with Crippen LogP contribution >= 0.6 is 0 Å². The number of nitrogens with zero attached hydrogens (tertiary/aromatic N) is 1. The van der Waals surface area contributed by atoms with Gasteiger partial charge in [0.1, 0.15) is 11.6 Å². The van der Waals surface area contributed by atoms with Crippen molar-refractivity contribution in [2.45, 2.75) is 10.6 Å². The smallest absolute Gasteiger partial charge is 0.273 e. The van der Waals surface area contributed by atoms with Crippen LogP contribution in [0.1, 0.15) is 5.56 Å². The van der Waals surface area contributed by atoms with Gasteiger partial charge in [-0.25, -0.2) is 8.78 Å². The summed E-state index contributed by atoms with van der Waals surface area (Å²) in [6, 6.07) is 6.52. The summed E-state index contributed by atoms with van der Waals surface area (Å²) < 4.78 is 38.6. The molecule has 0 radical (unpaired) electrons. The lowest BCUT2D eigenvalue weighted by Gasteiger charge is -2.05. The predicted molar refractivity (Wildman–Crippen MR) is 74.0 cm³/mol. The molecule has 0 fully saturated rings. The number of halogens is 2. The van der Waals surface area contributed by atoms with E-state index in [9.17, 15) is 23.1 Å². The average molecular weight is 312 g/mol. The molecule has 0 aliphatic carbocycles. The van der Waals surface area contributed by atoms with Crippen LogP contribution in [-0.2, 0) is 16.6 Å². The Morgan fingerprint density at radius 2 is 1.90 bits per heavy atom. The molecule has 1 unspecified atom stereocenters. The van der Waals surface area contributed by atoms with E-state index in [0.717, 1.165) is 24.3 Å². The summed E-state index contributed by atoms with van der Waals surface area (Å²) in [6.07, 6.45) is 0. The number of nitrogens with two attached hydrogens (primary N) is 1. The summed E-state index contributed by atoms with van der Waals surface area (Å²) >= 11 is 0. The quantitative estimate of drug-likeness (QED) is 0.534. The second-order valence-corrected chi connectivity index (χ2v) is 5.65. The lowest BCUT2D eigenvalue weighted by molar-refractivity contribution is -0.385. The van der Waals surface area contributed by atoms with E-state index in [4.69, 9.17) is 5.73 Å². The number of benzene rings is 2. The largest absolute Gasteiger partial charge is 0.396 e. The Bertz CT molecular complexity index is 737. The Labute approximate surface area is 121 Å². The molecule has 5 nitrogen and oxygen atoms in total. The van der Waals surface area contributed by atoms with Gasteiger partial charge in [0.2, 0.25) is 0 Å². The van der Waals surface area contributed by atoms with Crippen molar-refractivity contribution in [3.63, 3.8) is 0 Å².